The molecule has 0 spiro atoms. The zero-order chi connectivity index (χ0) is 17.6. The Bertz CT molecular complexity index is 759. The van der Waals surface area contributed by atoms with Crippen molar-refractivity contribution in [3.8, 4) is 0 Å². The van der Waals surface area contributed by atoms with Gasteiger partial charge in [-0.25, -0.2) is 0 Å². The second kappa shape index (κ2) is 8.21. The number of thioether (sulfide) groups is 1. The number of rotatable bonds is 6. The molecule has 0 unspecified atom stereocenters. The molecule has 5 heteroatoms. The molecule has 1 aliphatic rings. The van der Waals surface area contributed by atoms with Crippen LogP contribution in [0.15, 0.2) is 48.5 Å². The molecule has 1 fully saturated rings. The molecular weight excluding hydrogens is 332 g/mol. The molecule has 3 rings (SSSR count). The molecule has 130 valence electrons. The monoisotopic (exact) mass is 354 g/mol. The number of carbonyl (C=O) groups is 2. The molecule has 25 heavy (non-hydrogen) atoms. The molecule has 0 bridgehead atoms. The number of nitrogens with zero attached hydrogens (tertiary/aromatic N) is 1. The van der Waals surface area contributed by atoms with Crippen LogP contribution in [0.4, 0.5) is 11.4 Å². The summed E-state index contributed by atoms with van der Waals surface area (Å²) in [7, 11) is 0. The van der Waals surface area contributed by atoms with Crippen molar-refractivity contribution >= 4 is 35.0 Å². The van der Waals surface area contributed by atoms with Crippen molar-refractivity contribution in [2.75, 3.05) is 22.5 Å². The van der Waals surface area contributed by atoms with E-state index in [0.29, 0.717) is 12.2 Å². The number of benzene rings is 2. The first-order chi connectivity index (χ1) is 12.1. The van der Waals surface area contributed by atoms with Gasteiger partial charge in [0.05, 0.1) is 5.75 Å². The summed E-state index contributed by atoms with van der Waals surface area (Å²) in [4.78, 5) is 25.6. The summed E-state index contributed by atoms with van der Waals surface area (Å²) in [6.45, 7) is 2.86. The molecule has 1 saturated heterocycles. The Balaban J connectivity index is 1.48. The van der Waals surface area contributed by atoms with Gasteiger partial charge in [0.25, 0.3) is 0 Å². The third-order valence-electron chi connectivity index (χ3n) is 4.29. The standard InChI is InChI=1S/C20H22N2O2S/c1-15-5-2-3-6-16(15)13-25-14-19(23)21-17-8-10-18(11-9-17)22-12-4-7-20(22)24/h2-3,5-6,8-11H,4,7,12-14H2,1H3,(H,21,23). The highest BCUT2D eigenvalue weighted by Gasteiger charge is 2.21. The minimum Gasteiger partial charge on any atom is -0.325 e. The van der Waals surface area contributed by atoms with Crippen molar-refractivity contribution in [1.29, 1.82) is 0 Å². The molecule has 1 aliphatic heterocycles. The number of aryl methyl sites for hydroxylation is 1. The van der Waals surface area contributed by atoms with Crippen molar-refractivity contribution in [1.82, 2.24) is 0 Å². The van der Waals surface area contributed by atoms with Crippen molar-refractivity contribution < 1.29 is 9.59 Å². The van der Waals surface area contributed by atoms with E-state index in [-0.39, 0.29) is 11.8 Å². The van der Waals surface area contributed by atoms with Crippen LogP contribution in [0.2, 0.25) is 0 Å². The van der Waals surface area contributed by atoms with E-state index in [1.807, 2.05) is 36.4 Å². The molecule has 4 nitrogen and oxygen atoms in total. The van der Waals surface area contributed by atoms with Gasteiger partial charge in [0.1, 0.15) is 0 Å². The van der Waals surface area contributed by atoms with Crippen molar-refractivity contribution in [3.63, 3.8) is 0 Å². The largest absolute Gasteiger partial charge is 0.325 e. The van der Waals surface area contributed by atoms with Gasteiger partial charge in [-0.2, -0.15) is 0 Å². The number of hydrogen-bond donors (Lipinski definition) is 1. The van der Waals surface area contributed by atoms with Crippen molar-refractivity contribution in [2.24, 2.45) is 0 Å². The third-order valence-corrected chi connectivity index (χ3v) is 5.27. The van der Waals surface area contributed by atoms with E-state index < -0.39 is 0 Å². The van der Waals surface area contributed by atoms with E-state index >= 15 is 0 Å². The van der Waals surface area contributed by atoms with Crippen LogP contribution in [0, 0.1) is 6.92 Å². The average molecular weight is 354 g/mol. The lowest BCUT2D eigenvalue weighted by Crippen LogP contribution is -2.23. The van der Waals surface area contributed by atoms with Crippen LogP contribution in [0.3, 0.4) is 0 Å². The molecule has 0 radical (unpaired) electrons. The fourth-order valence-corrected chi connectivity index (χ4v) is 3.77. The highest BCUT2D eigenvalue weighted by atomic mass is 32.2. The topological polar surface area (TPSA) is 49.4 Å². The summed E-state index contributed by atoms with van der Waals surface area (Å²) >= 11 is 1.61. The zero-order valence-corrected chi connectivity index (χ0v) is 15.1. The molecule has 2 aromatic rings. The highest BCUT2D eigenvalue weighted by molar-refractivity contribution is 7.99. The SMILES string of the molecule is Cc1ccccc1CSCC(=O)Nc1ccc(N2CCCC2=O)cc1. The van der Waals surface area contributed by atoms with Gasteiger partial charge in [-0.3, -0.25) is 9.59 Å². The molecule has 1 heterocycles. The van der Waals surface area contributed by atoms with Crippen molar-refractivity contribution in [3.05, 3.63) is 59.7 Å². The first-order valence-electron chi connectivity index (χ1n) is 8.46. The predicted molar refractivity (Wildman–Crippen MR) is 104 cm³/mol. The Morgan fingerprint density at radius 3 is 2.60 bits per heavy atom. The Morgan fingerprint density at radius 2 is 1.92 bits per heavy atom. The second-order valence-corrected chi connectivity index (χ2v) is 7.15. The maximum absolute atomic E-state index is 12.1. The summed E-state index contributed by atoms with van der Waals surface area (Å²) in [6.07, 6.45) is 1.53. The lowest BCUT2D eigenvalue weighted by atomic mass is 10.1. The fourth-order valence-electron chi connectivity index (χ4n) is 2.87. The highest BCUT2D eigenvalue weighted by Crippen LogP contribution is 2.23. The predicted octanol–water partition coefficient (Wildman–Crippen LogP) is 3.99. The first kappa shape index (κ1) is 17.5. The van der Waals surface area contributed by atoms with Gasteiger partial charge >= 0.3 is 0 Å². The van der Waals surface area contributed by atoms with E-state index in [4.69, 9.17) is 0 Å². The number of carbonyl (C=O) groups excluding carboxylic acids is 2. The fraction of sp³-hybridized carbons (Fsp3) is 0.300. The van der Waals surface area contributed by atoms with Crippen LogP contribution in [0.5, 0.6) is 0 Å². The quantitative estimate of drug-likeness (QED) is 0.853. The van der Waals surface area contributed by atoms with Crippen LogP contribution in [0.25, 0.3) is 0 Å². The molecule has 0 saturated carbocycles. The van der Waals surface area contributed by atoms with Crippen LogP contribution in [0.1, 0.15) is 24.0 Å². The number of anilines is 2. The lowest BCUT2D eigenvalue weighted by molar-refractivity contribution is -0.117. The van der Waals surface area contributed by atoms with Crippen molar-refractivity contribution in [2.45, 2.75) is 25.5 Å². The normalized spacial score (nSPS) is 14.0. The van der Waals surface area contributed by atoms with Gasteiger partial charge < -0.3 is 10.2 Å². The Labute approximate surface area is 152 Å². The van der Waals surface area contributed by atoms with Gasteiger partial charge in [-0.1, -0.05) is 24.3 Å². The Hall–Kier alpha value is -2.27. The third kappa shape index (κ3) is 4.63. The van der Waals surface area contributed by atoms with Crippen LogP contribution in [-0.4, -0.2) is 24.1 Å². The van der Waals surface area contributed by atoms with Gasteiger partial charge in [-0.15, -0.1) is 11.8 Å². The Kier molecular flexibility index (Phi) is 5.76. The first-order valence-corrected chi connectivity index (χ1v) is 9.61. The maximum atomic E-state index is 12.1. The molecular formula is C20H22N2O2S. The summed E-state index contributed by atoms with van der Waals surface area (Å²) in [6, 6.07) is 15.7. The molecule has 0 aromatic heterocycles. The average Bonchev–Trinajstić information content (AvgIpc) is 3.03. The molecule has 0 atom stereocenters. The zero-order valence-electron chi connectivity index (χ0n) is 14.3. The maximum Gasteiger partial charge on any atom is 0.234 e. The molecule has 2 amide bonds. The Morgan fingerprint density at radius 1 is 1.16 bits per heavy atom. The molecule has 1 N–H and O–H groups in total. The molecule has 0 aliphatic carbocycles. The number of hydrogen-bond acceptors (Lipinski definition) is 3. The van der Waals surface area contributed by atoms with Gasteiger partial charge in [0.2, 0.25) is 11.8 Å². The minimum absolute atomic E-state index is 0.0106. The van der Waals surface area contributed by atoms with E-state index in [1.165, 1.54) is 11.1 Å². The van der Waals surface area contributed by atoms with Gasteiger partial charge in [-0.05, 0) is 48.7 Å². The van der Waals surface area contributed by atoms with Crippen LogP contribution in [-0.2, 0) is 15.3 Å². The summed E-state index contributed by atoms with van der Waals surface area (Å²) < 4.78 is 0. The van der Waals surface area contributed by atoms with Gasteiger partial charge in [0, 0.05) is 30.1 Å². The smallest absolute Gasteiger partial charge is 0.234 e. The second-order valence-electron chi connectivity index (χ2n) is 6.16. The summed E-state index contributed by atoms with van der Waals surface area (Å²) in [5.41, 5.74) is 4.17. The van der Waals surface area contributed by atoms with E-state index in [2.05, 4.69) is 24.4 Å². The van der Waals surface area contributed by atoms with E-state index in [9.17, 15) is 9.59 Å². The minimum atomic E-state index is -0.0106. The molecule has 2 aromatic carbocycles. The van der Waals surface area contributed by atoms with E-state index in [1.54, 1.807) is 16.7 Å². The number of amides is 2. The summed E-state index contributed by atoms with van der Waals surface area (Å²) in [5.74, 6) is 1.41. The van der Waals surface area contributed by atoms with Gasteiger partial charge in [0.15, 0.2) is 0 Å². The summed E-state index contributed by atoms with van der Waals surface area (Å²) in [5, 5.41) is 2.91. The van der Waals surface area contributed by atoms with E-state index in [0.717, 1.165) is 30.1 Å². The van der Waals surface area contributed by atoms with Crippen LogP contribution >= 0.6 is 11.8 Å². The van der Waals surface area contributed by atoms with Crippen LogP contribution < -0.4 is 10.2 Å². The lowest BCUT2D eigenvalue weighted by Gasteiger charge is -2.16. The number of nitrogens with one attached hydrogen (secondary N) is 1.